The number of amides is 2. The van der Waals surface area contributed by atoms with Crippen LogP contribution in [0.25, 0.3) is 0 Å². The molecule has 7 heteroatoms. The second kappa shape index (κ2) is 11.3. The van der Waals surface area contributed by atoms with Gasteiger partial charge >= 0.3 is 0 Å². The third-order valence-electron chi connectivity index (χ3n) is 5.24. The van der Waals surface area contributed by atoms with Gasteiger partial charge in [0.15, 0.2) is 11.5 Å². The van der Waals surface area contributed by atoms with E-state index >= 15 is 0 Å². The van der Waals surface area contributed by atoms with E-state index in [1.807, 2.05) is 0 Å². The summed E-state index contributed by atoms with van der Waals surface area (Å²) in [6.07, 6.45) is 8.26. The summed E-state index contributed by atoms with van der Waals surface area (Å²) in [6, 6.07) is 3.59. The molecular formula is C21H30N2O5. The normalized spacial score (nSPS) is 15.6. The monoisotopic (exact) mass is 390 g/mol. The quantitative estimate of drug-likeness (QED) is 0.361. The molecule has 0 saturated heterocycles. The molecule has 1 atom stereocenters. The molecule has 0 spiro atoms. The van der Waals surface area contributed by atoms with Crippen molar-refractivity contribution in [3.05, 3.63) is 23.8 Å². The highest BCUT2D eigenvalue weighted by atomic mass is 16.3. The largest absolute Gasteiger partial charge is 0.504 e. The van der Waals surface area contributed by atoms with Crippen molar-refractivity contribution in [2.45, 2.75) is 63.8 Å². The van der Waals surface area contributed by atoms with Crippen molar-refractivity contribution in [2.75, 3.05) is 6.54 Å². The number of aldehydes is 1. The number of carbonyl (C=O) groups excluding carboxylic acids is 3. The van der Waals surface area contributed by atoms with Crippen LogP contribution in [0.2, 0.25) is 0 Å². The highest BCUT2D eigenvalue weighted by Crippen LogP contribution is 2.27. The van der Waals surface area contributed by atoms with E-state index in [0.29, 0.717) is 25.0 Å². The fourth-order valence-corrected chi connectivity index (χ4v) is 3.58. The molecular weight excluding hydrogens is 360 g/mol. The molecule has 28 heavy (non-hydrogen) atoms. The van der Waals surface area contributed by atoms with Gasteiger partial charge in [-0.2, -0.15) is 0 Å². The zero-order valence-electron chi connectivity index (χ0n) is 16.2. The molecule has 0 bridgehead atoms. The van der Waals surface area contributed by atoms with Crippen molar-refractivity contribution in [1.29, 1.82) is 0 Å². The van der Waals surface area contributed by atoms with Crippen molar-refractivity contribution < 1.29 is 24.6 Å². The Hall–Kier alpha value is -2.57. The second-order valence-corrected chi connectivity index (χ2v) is 7.43. The Balaban J connectivity index is 1.75. The molecule has 1 aromatic carbocycles. The summed E-state index contributed by atoms with van der Waals surface area (Å²) < 4.78 is 0. The van der Waals surface area contributed by atoms with Gasteiger partial charge < -0.3 is 25.6 Å². The Morgan fingerprint density at radius 1 is 1.14 bits per heavy atom. The van der Waals surface area contributed by atoms with Crippen LogP contribution < -0.4 is 10.6 Å². The molecule has 0 radical (unpaired) electrons. The highest BCUT2D eigenvalue weighted by Gasteiger charge is 2.21. The summed E-state index contributed by atoms with van der Waals surface area (Å²) in [4.78, 5) is 35.4. The molecule has 0 heterocycles. The predicted octanol–water partition coefficient (Wildman–Crippen LogP) is 2.19. The highest BCUT2D eigenvalue weighted by molar-refractivity contribution is 5.89. The number of phenolic OH excluding ortho intramolecular Hbond substituents is 2. The Bertz CT molecular complexity index is 671. The number of hydrogen-bond donors (Lipinski definition) is 4. The maximum atomic E-state index is 12.3. The van der Waals surface area contributed by atoms with Gasteiger partial charge in [0.1, 0.15) is 12.3 Å². The topological polar surface area (TPSA) is 116 Å². The van der Waals surface area contributed by atoms with Gasteiger partial charge in [0.2, 0.25) is 11.8 Å². The van der Waals surface area contributed by atoms with E-state index in [1.165, 1.54) is 44.2 Å². The third-order valence-corrected chi connectivity index (χ3v) is 5.24. The first-order chi connectivity index (χ1) is 13.5. The lowest BCUT2D eigenvalue weighted by atomic mass is 9.86. The van der Waals surface area contributed by atoms with Crippen LogP contribution in [0.4, 0.5) is 0 Å². The first-order valence-electron chi connectivity index (χ1n) is 10.0. The van der Waals surface area contributed by atoms with Crippen molar-refractivity contribution >= 4 is 18.1 Å². The maximum absolute atomic E-state index is 12.3. The summed E-state index contributed by atoms with van der Waals surface area (Å²) in [5.41, 5.74) is 0.749. The minimum atomic E-state index is -0.871. The molecule has 4 N–H and O–H groups in total. The standard InChI is InChI=1S/C21H30N2O5/c24-13-11-17(23-20(27)9-7-15-4-2-1-3-5-15)21(28)22-12-10-16-6-8-18(25)19(26)14-16/h6,8,13-15,17,25-26H,1-5,7,9-12H2,(H,22,28)(H,23,27)/t17-/m1/s1. The summed E-state index contributed by atoms with van der Waals surface area (Å²) in [6.45, 7) is 0.288. The van der Waals surface area contributed by atoms with E-state index in [0.717, 1.165) is 12.0 Å². The van der Waals surface area contributed by atoms with Crippen LogP contribution in [0.15, 0.2) is 18.2 Å². The number of aromatic hydroxyl groups is 2. The smallest absolute Gasteiger partial charge is 0.243 e. The van der Waals surface area contributed by atoms with E-state index in [4.69, 9.17) is 0 Å². The summed E-state index contributed by atoms with van der Waals surface area (Å²) in [7, 11) is 0. The molecule has 1 aromatic rings. The third kappa shape index (κ3) is 7.21. The van der Waals surface area contributed by atoms with Gasteiger partial charge in [0.25, 0.3) is 0 Å². The van der Waals surface area contributed by atoms with Crippen LogP contribution >= 0.6 is 0 Å². The zero-order chi connectivity index (χ0) is 20.4. The number of benzene rings is 1. The minimum absolute atomic E-state index is 0.0685. The molecule has 1 saturated carbocycles. The van der Waals surface area contributed by atoms with Crippen LogP contribution in [0.3, 0.4) is 0 Å². The molecule has 7 nitrogen and oxygen atoms in total. The van der Waals surface area contributed by atoms with Crippen LogP contribution in [-0.4, -0.2) is 40.9 Å². The Morgan fingerprint density at radius 3 is 2.57 bits per heavy atom. The average molecular weight is 390 g/mol. The van der Waals surface area contributed by atoms with E-state index in [9.17, 15) is 24.6 Å². The van der Waals surface area contributed by atoms with Gasteiger partial charge in [0, 0.05) is 19.4 Å². The van der Waals surface area contributed by atoms with Gasteiger partial charge in [0.05, 0.1) is 0 Å². The lowest BCUT2D eigenvalue weighted by Gasteiger charge is -2.22. The molecule has 2 rings (SSSR count). The maximum Gasteiger partial charge on any atom is 0.243 e. The van der Waals surface area contributed by atoms with E-state index < -0.39 is 11.9 Å². The fourth-order valence-electron chi connectivity index (χ4n) is 3.58. The number of carbonyl (C=O) groups is 3. The van der Waals surface area contributed by atoms with E-state index in [-0.39, 0.29) is 30.4 Å². The average Bonchev–Trinajstić information content (AvgIpc) is 2.69. The molecule has 0 aromatic heterocycles. The molecule has 154 valence electrons. The minimum Gasteiger partial charge on any atom is -0.504 e. The number of hydrogen-bond acceptors (Lipinski definition) is 5. The van der Waals surface area contributed by atoms with Gasteiger partial charge in [-0.05, 0) is 36.5 Å². The Labute approximate surface area is 165 Å². The molecule has 0 unspecified atom stereocenters. The summed E-state index contributed by atoms with van der Waals surface area (Å²) in [5.74, 6) is -0.431. The van der Waals surface area contributed by atoms with Crippen molar-refractivity contribution in [2.24, 2.45) is 5.92 Å². The first-order valence-corrected chi connectivity index (χ1v) is 10.0. The Morgan fingerprint density at radius 2 is 1.89 bits per heavy atom. The van der Waals surface area contributed by atoms with Crippen LogP contribution in [0.5, 0.6) is 11.5 Å². The van der Waals surface area contributed by atoms with Crippen LogP contribution in [0, 0.1) is 5.92 Å². The molecule has 1 aliphatic rings. The number of phenols is 2. The summed E-state index contributed by atoms with van der Waals surface area (Å²) >= 11 is 0. The first kappa shape index (κ1) is 21.7. The van der Waals surface area contributed by atoms with Gasteiger partial charge in [-0.15, -0.1) is 0 Å². The predicted molar refractivity (Wildman–Crippen MR) is 105 cm³/mol. The van der Waals surface area contributed by atoms with Crippen molar-refractivity contribution in [3.8, 4) is 11.5 Å². The van der Waals surface area contributed by atoms with E-state index in [2.05, 4.69) is 10.6 Å². The zero-order valence-corrected chi connectivity index (χ0v) is 16.2. The number of nitrogens with one attached hydrogen (secondary N) is 2. The molecule has 0 aliphatic heterocycles. The lowest BCUT2D eigenvalue weighted by molar-refractivity contribution is -0.130. The molecule has 2 amide bonds. The Kier molecular flexibility index (Phi) is 8.78. The SMILES string of the molecule is O=CC[C@@H](NC(=O)CCC1CCCCC1)C(=O)NCCc1ccc(O)c(O)c1. The van der Waals surface area contributed by atoms with Crippen LogP contribution in [0.1, 0.15) is 56.9 Å². The van der Waals surface area contributed by atoms with Crippen molar-refractivity contribution in [3.63, 3.8) is 0 Å². The second-order valence-electron chi connectivity index (χ2n) is 7.43. The van der Waals surface area contributed by atoms with Gasteiger partial charge in [-0.25, -0.2) is 0 Å². The fraction of sp³-hybridized carbons (Fsp3) is 0.571. The van der Waals surface area contributed by atoms with Crippen LogP contribution in [-0.2, 0) is 20.8 Å². The van der Waals surface area contributed by atoms with Crippen molar-refractivity contribution in [1.82, 2.24) is 10.6 Å². The molecule has 1 fully saturated rings. The molecule has 1 aliphatic carbocycles. The number of rotatable bonds is 10. The van der Waals surface area contributed by atoms with Gasteiger partial charge in [-0.3, -0.25) is 9.59 Å². The lowest BCUT2D eigenvalue weighted by Crippen LogP contribution is -2.47. The van der Waals surface area contributed by atoms with E-state index in [1.54, 1.807) is 6.07 Å². The van der Waals surface area contributed by atoms with Gasteiger partial charge in [-0.1, -0.05) is 38.2 Å². The summed E-state index contributed by atoms with van der Waals surface area (Å²) in [5, 5.41) is 24.2.